The average Bonchev–Trinajstić information content (AvgIpc) is 2.81. The number of nitrogens with zero attached hydrogens (tertiary/aromatic N) is 2. The summed E-state index contributed by atoms with van der Waals surface area (Å²) in [5.41, 5.74) is 1.74. The number of rotatable bonds is 3. The highest BCUT2D eigenvalue weighted by molar-refractivity contribution is 6.31. The Balaban J connectivity index is 1.86. The van der Waals surface area contributed by atoms with E-state index < -0.39 is 0 Å². The van der Waals surface area contributed by atoms with Gasteiger partial charge in [-0.1, -0.05) is 11.6 Å². The Kier molecular flexibility index (Phi) is 3.32. The number of halogens is 1. The van der Waals surface area contributed by atoms with Crippen LogP contribution in [-0.2, 0) is 0 Å². The van der Waals surface area contributed by atoms with E-state index in [9.17, 15) is 0 Å². The van der Waals surface area contributed by atoms with Crippen LogP contribution in [0.3, 0.4) is 0 Å². The number of aromatic nitrogens is 2. The molecule has 102 valence electrons. The van der Waals surface area contributed by atoms with Crippen molar-refractivity contribution >= 4 is 28.5 Å². The standard InChI is InChI=1S/C15H14ClN3O/c1-9-5-6-17-15(18-9)19-10(2)14-8-11-7-12(16)3-4-13(11)20-14/h3-8,10H,1-2H3,(H,17,18,19). The van der Waals surface area contributed by atoms with E-state index in [1.54, 1.807) is 6.20 Å². The first-order valence-corrected chi connectivity index (χ1v) is 6.75. The van der Waals surface area contributed by atoms with Crippen LogP contribution in [0.5, 0.6) is 0 Å². The molecule has 0 amide bonds. The van der Waals surface area contributed by atoms with Crippen molar-refractivity contribution in [1.29, 1.82) is 0 Å². The van der Waals surface area contributed by atoms with Crippen LogP contribution in [0.15, 0.2) is 40.9 Å². The maximum absolute atomic E-state index is 5.98. The molecule has 20 heavy (non-hydrogen) atoms. The molecule has 2 aromatic heterocycles. The number of nitrogens with one attached hydrogen (secondary N) is 1. The van der Waals surface area contributed by atoms with Crippen molar-refractivity contribution in [3.63, 3.8) is 0 Å². The van der Waals surface area contributed by atoms with Crippen molar-refractivity contribution in [2.24, 2.45) is 0 Å². The maximum Gasteiger partial charge on any atom is 0.223 e. The first-order chi connectivity index (χ1) is 9.61. The lowest BCUT2D eigenvalue weighted by atomic mass is 10.2. The first kappa shape index (κ1) is 12.9. The lowest BCUT2D eigenvalue weighted by Crippen LogP contribution is -2.08. The van der Waals surface area contributed by atoms with Gasteiger partial charge in [-0.2, -0.15) is 0 Å². The zero-order chi connectivity index (χ0) is 14.1. The Labute approximate surface area is 121 Å². The van der Waals surface area contributed by atoms with E-state index in [1.165, 1.54) is 0 Å². The highest BCUT2D eigenvalue weighted by atomic mass is 35.5. The van der Waals surface area contributed by atoms with E-state index in [2.05, 4.69) is 15.3 Å². The van der Waals surface area contributed by atoms with Crippen LogP contribution in [0.1, 0.15) is 24.4 Å². The number of furan rings is 1. The van der Waals surface area contributed by atoms with Crippen molar-refractivity contribution in [2.45, 2.75) is 19.9 Å². The second-order valence-electron chi connectivity index (χ2n) is 4.72. The molecule has 3 aromatic rings. The third-order valence-electron chi connectivity index (χ3n) is 3.06. The second kappa shape index (κ2) is 5.13. The molecular weight excluding hydrogens is 274 g/mol. The Morgan fingerprint density at radius 2 is 2.10 bits per heavy atom. The summed E-state index contributed by atoms with van der Waals surface area (Å²) < 4.78 is 5.81. The largest absolute Gasteiger partial charge is 0.459 e. The third kappa shape index (κ3) is 2.60. The number of benzene rings is 1. The minimum absolute atomic E-state index is 0.0250. The van der Waals surface area contributed by atoms with E-state index in [4.69, 9.17) is 16.0 Å². The molecule has 1 unspecified atom stereocenters. The fourth-order valence-electron chi connectivity index (χ4n) is 2.03. The highest BCUT2D eigenvalue weighted by Gasteiger charge is 2.12. The number of hydrogen-bond donors (Lipinski definition) is 1. The van der Waals surface area contributed by atoms with Gasteiger partial charge in [-0.25, -0.2) is 9.97 Å². The van der Waals surface area contributed by atoms with Crippen LogP contribution in [-0.4, -0.2) is 9.97 Å². The van der Waals surface area contributed by atoms with Crippen molar-refractivity contribution in [2.75, 3.05) is 5.32 Å². The normalized spacial score (nSPS) is 12.6. The topological polar surface area (TPSA) is 51.0 Å². The van der Waals surface area contributed by atoms with Crippen LogP contribution in [0, 0.1) is 6.92 Å². The maximum atomic E-state index is 5.98. The van der Waals surface area contributed by atoms with Crippen LogP contribution in [0.25, 0.3) is 11.0 Å². The molecule has 4 nitrogen and oxygen atoms in total. The summed E-state index contributed by atoms with van der Waals surface area (Å²) in [6.07, 6.45) is 1.73. The lowest BCUT2D eigenvalue weighted by molar-refractivity contribution is 0.525. The van der Waals surface area contributed by atoms with E-state index in [-0.39, 0.29) is 6.04 Å². The molecule has 0 saturated heterocycles. The van der Waals surface area contributed by atoms with Crippen LogP contribution < -0.4 is 5.32 Å². The van der Waals surface area contributed by atoms with Gasteiger partial charge in [0.15, 0.2) is 0 Å². The summed E-state index contributed by atoms with van der Waals surface area (Å²) in [6.45, 7) is 3.94. The molecule has 5 heteroatoms. The Morgan fingerprint density at radius 1 is 1.25 bits per heavy atom. The molecule has 0 fully saturated rings. The molecule has 0 spiro atoms. The van der Waals surface area contributed by atoms with Gasteiger partial charge in [0.05, 0.1) is 6.04 Å². The molecule has 2 heterocycles. The molecule has 0 aliphatic rings. The van der Waals surface area contributed by atoms with E-state index >= 15 is 0 Å². The Morgan fingerprint density at radius 3 is 2.90 bits per heavy atom. The predicted molar refractivity (Wildman–Crippen MR) is 80.0 cm³/mol. The molecule has 0 saturated carbocycles. The fourth-order valence-corrected chi connectivity index (χ4v) is 2.21. The van der Waals surface area contributed by atoms with Gasteiger partial charge < -0.3 is 9.73 Å². The summed E-state index contributed by atoms with van der Waals surface area (Å²) in [4.78, 5) is 8.51. The van der Waals surface area contributed by atoms with Crippen molar-refractivity contribution in [1.82, 2.24) is 9.97 Å². The summed E-state index contributed by atoms with van der Waals surface area (Å²) in [5, 5.41) is 4.92. The molecule has 3 rings (SSSR count). The monoisotopic (exact) mass is 287 g/mol. The van der Waals surface area contributed by atoms with Crippen LogP contribution in [0.2, 0.25) is 5.02 Å². The highest BCUT2D eigenvalue weighted by Crippen LogP contribution is 2.27. The first-order valence-electron chi connectivity index (χ1n) is 6.37. The van der Waals surface area contributed by atoms with E-state index in [1.807, 2.05) is 44.2 Å². The summed E-state index contributed by atoms with van der Waals surface area (Å²) >= 11 is 5.98. The van der Waals surface area contributed by atoms with Gasteiger partial charge in [0.1, 0.15) is 11.3 Å². The SMILES string of the molecule is Cc1ccnc(NC(C)c2cc3cc(Cl)ccc3o2)n1. The Hall–Kier alpha value is -2.07. The van der Waals surface area contributed by atoms with Gasteiger partial charge in [0, 0.05) is 22.3 Å². The number of aryl methyl sites for hydroxylation is 1. The number of fused-ring (bicyclic) bond motifs is 1. The predicted octanol–water partition coefficient (Wildman–Crippen LogP) is 4.36. The number of hydrogen-bond acceptors (Lipinski definition) is 4. The van der Waals surface area contributed by atoms with Gasteiger partial charge in [-0.3, -0.25) is 0 Å². The summed E-state index contributed by atoms with van der Waals surface area (Å²) in [7, 11) is 0. The van der Waals surface area contributed by atoms with Crippen LogP contribution in [0.4, 0.5) is 5.95 Å². The average molecular weight is 288 g/mol. The molecule has 0 aliphatic heterocycles. The van der Waals surface area contributed by atoms with Gasteiger partial charge in [-0.05, 0) is 44.2 Å². The summed E-state index contributed by atoms with van der Waals surface area (Å²) in [6, 6.07) is 9.40. The zero-order valence-corrected chi connectivity index (χ0v) is 12.0. The number of anilines is 1. The Bertz CT molecular complexity index is 754. The van der Waals surface area contributed by atoms with E-state index in [0.29, 0.717) is 11.0 Å². The molecular formula is C15H14ClN3O. The van der Waals surface area contributed by atoms with Crippen molar-refractivity contribution in [3.8, 4) is 0 Å². The lowest BCUT2D eigenvalue weighted by Gasteiger charge is -2.10. The second-order valence-corrected chi connectivity index (χ2v) is 5.16. The molecule has 0 aliphatic carbocycles. The van der Waals surface area contributed by atoms with Gasteiger partial charge in [-0.15, -0.1) is 0 Å². The zero-order valence-electron chi connectivity index (χ0n) is 11.2. The minimum Gasteiger partial charge on any atom is -0.459 e. The van der Waals surface area contributed by atoms with Gasteiger partial charge >= 0.3 is 0 Å². The van der Waals surface area contributed by atoms with Gasteiger partial charge in [0.25, 0.3) is 0 Å². The smallest absolute Gasteiger partial charge is 0.223 e. The third-order valence-corrected chi connectivity index (χ3v) is 3.30. The molecule has 1 aromatic carbocycles. The molecule has 1 N–H and O–H groups in total. The fraction of sp³-hybridized carbons (Fsp3) is 0.200. The molecule has 0 radical (unpaired) electrons. The summed E-state index contributed by atoms with van der Waals surface area (Å²) in [5.74, 6) is 1.42. The van der Waals surface area contributed by atoms with Crippen molar-refractivity contribution < 1.29 is 4.42 Å². The van der Waals surface area contributed by atoms with Crippen LogP contribution >= 0.6 is 11.6 Å². The van der Waals surface area contributed by atoms with Gasteiger partial charge in [0.2, 0.25) is 5.95 Å². The van der Waals surface area contributed by atoms with E-state index in [0.717, 1.165) is 22.4 Å². The van der Waals surface area contributed by atoms with Crippen molar-refractivity contribution in [3.05, 3.63) is 53.0 Å². The minimum atomic E-state index is -0.0250. The molecule has 1 atom stereocenters. The molecule has 0 bridgehead atoms. The quantitative estimate of drug-likeness (QED) is 0.778.